The van der Waals surface area contributed by atoms with Crippen LogP contribution in [0.2, 0.25) is 18.1 Å². The molecular weight excluding hydrogens is 1110 g/mol. The van der Waals surface area contributed by atoms with E-state index in [0.29, 0.717) is 28.2 Å². The Balaban J connectivity index is 1.37. The Hall–Kier alpha value is -7.45. The molecule has 5 aromatic rings. The monoisotopic (exact) mass is 1170 g/mol. The van der Waals surface area contributed by atoms with E-state index in [-0.39, 0.29) is 13.2 Å². The lowest BCUT2D eigenvalue weighted by Gasteiger charge is -2.41. The fourth-order valence-corrected chi connectivity index (χ4v) is 11.5. The van der Waals surface area contributed by atoms with Crippen LogP contribution in [-0.4, -0.2) is 124 Å². The fourth-order valence-electron chi connectivity index (χ4n) is 8.81. The molecule has 24 nitrogen and oxygen atoms in total. The number of hydrogen-bond acceptors (Lipinski definition) is 20. The molecule has 82 heavy (non-hydrogen) atoms. The van der Waals surface area contributed by atoms with Crippen LogP contribution in [0.3, 0.4) is 0 Å². The predicted molar refractivity (Wildman–Crippen MR) is 298 cm³/mol. The molecule has 2 aliphatic heterocycles. The minimum absolute atomic E-state index is 0.318. The zero-order chi connectivity index (χ0) is 59.4. The van der Waals surface area contributed by atoms with Crippen LogP contribution in [0.1, 0.15) is 49.9 Å². The number of nitrogens with one attached hydrogen (secondary N) is 2. The van der Waals surface area contributed by atoms with Crippen molar-refractivity contribution in [2.45, 2.75) is 93.6 Å². The van der Waals surface area contributed by atoms with E-state index in [1.807, 2.05) is 88.5 Å². The van der Waals surface area contributed by atoms with Crippen LogP contribution >= 0.6 is 7.82 Å². The lowest BCUT2D eigenvalue weighted by atomic mass is 9.80. The minimum atomic E-state index is -5.13. The molecule has 2 aliphatic rings. The number of nitrogens with zero attached hydrogens (tertiary/aromatic N) is 2. The summed E-state index contributed by atoms with van der Waals surface area (Å²) >= 11 is 0. The number of methoxy groups -OCH3 is 2. The molecule has 440 valence electrons. The van der Waals surface area contributed by atoms with Crippen LogP contribution in [0.25, 0.3) is 0 Å². The number of hydrogen-bond donors (Lipinski definition) is 2. The van der Waals surface area contributed by atoms with Gasteiger partial charge in [0.15, 0.2) is 33.0 Å². The maximum atomic E-state index is 15.8. The van der Waals surface area contributed by atoms with Crippen molar-refractivity contribution >= 4 is 28.5 Å². The molecular formula is C56H67N4O20PSi. The van der Waals surface area contributed by atoms with Gasteiger partial charge in [-0.2, -0.15) is 0 Å². The molecule has 7 rings (SSSR count). The molecule has 0 amide bonds. The van der Waals surface area contributed by atoms with E-state index < -0.39 is 130 Å². The molecule has 2 saturated heterocycles. The Morgan fingerprint density at radius 1 is 0.622 bits per heavy atom. The van der Waals surface area contributed by atoms with E-state index in [2.05, 4.69) is 29.7 Å². The van der Waals surface area contributed by atoms with E-state index in [1.54, 1.807) is 38.5 Å². The Morgan fingerprint density at radius 3 is 1.55 bits per heavy atom. The number of benzene rings is 3. The maximum absolute atomic E-state index is 15.8. The molecule has 0 saturated carbocycles. The van der Waals surface area contributed by atoms with Gasteiger partial charge in [-0.1, -0.05) is 107 Å². The van der Waals surface area contributed by atoms with Gasteiger partial charge in [0.2, 0.25) is 0 Å². The summed E-state index contributed by atoms with van der Waals surface area (Å²) in [5, 5.41) is -0.514. The number of carbonyl (C=O) groups excluding carboxylic acids is 2. The van der Waals surface area contributed by atoms with E-state index in [4.69, 9.17) is 60.6 Å². The molecule has 4 heterocycles. The molecule has 0 aliphatic carbocycles. The second kappa shape index (κ2) is 27.1. The number of carbonyl (C=O) groups is 2. The lowest BCUT2D eigenvalue weighted by Crippen LogP contribution is -2.50. The van der Waals surface area contributed by atoms with Gasteiger partial charge in [0.1, 0.15) is 54.7 Å². The van der Waals surface area contributed by atoms with Gasteiger partial charge in [0.05, 0.1) is 34.0 Å². The van der Waals surface area contributed by atoms with Crippen molar-refractivity contribution in [3.05, 3.63) is 200 Å². The van der Waals surface area contributed by atoms with Gasteiger partial charge in [0.25, 0.3) is 11.1 Å². The minimum Gasteiger partial charge on any atom is -0.497 e. The molecule has 0 bridgehead atoms. The van der Waals surface area contributed by atoms with Gasteiger partial charge in [-0.05, 0) is 59.1 Å². The van der Waals surface area contributed by atoms with Gasteiger partial charge in [-0.15, -0.1) is 6.58 Å². The summed E-state index contributed by atoms with van der Waals surface area (Å²) in [6.07, 6.45) is -9.15. The second-order valence-electron chi connectivity index (χ2n) is 20.1. The predicted octanol–water partition coefficient (Wildman–Crippen LogP) is 7.43. The summed E-state index contributed by atoms with van der Waals surface area (Å²) < 4.78 is 96.7. The summed E-state index contributed by atoms with van der Waals surface area (Å²) in [5.41, 5.74) is -2.94. The summed E-state index contributed by atoms with van der Waals surface area (Å²) in [5.74, 6) is 1.12. The third kappa shape index (κ3) is 14.4. The van der Waals surface area contributed by atoms with E-state index in [0.717, 1.165) is 27.5 Å². The first-order chi connectivity index (χ1) is 39.1. The first-order valence-corrected chi connectivity index (χ1v) is 30.1. The summed E-state index contributed by atoms with van der Waals surface area (Å²) in [6, 6.07) is 25.9. The van der Waals surface area contributed by atoms with Gasteiger partial charge >= 0.3 is 31.5 Å². The third-order valence-electron chi connectivity index (χ3n) is 13.8. The van der Waals surface area contributed by atoms with Gasteiger partial charge in [0, 0.05) is 24.5 Å². The number of aromatic nitrogens is 4. The van der Waals surface area contributed by atoms with Crippen LogP contribution < -0.4 is 32.0 Å². The molecule has 1 unspecified atom stereocenters. The Kier molecular flexibility index (Phi) is 20.5. The Bertz CT molecular complexity index is 3260. The van der Waals surface area contributed by atoms with Crippen molar-refractivity contribution in [2.75, 3.05) is 47.3 Å². The molecule has 26 heteroatoms. The topological polar surface area (TPSA) is 281 Å². The van der Waals surface area contributed by atoms with E-state index in [1.165, 1.54) is 24.4 Å². The van der Waals surface area contributed by atoms with Crippen molar-refractivity contribution in [2.24, 2.45) is 0 Å². The molecule has 3 aromatic carbocycles. The number of H-pyrrole nitrogens is 2. The number of phosphoric ester groups is 1. The summed E-state index contributed by atoms with van der Waals surface area (Å²) in [7, 11) is -5.07. The largest absolute Gasteiger partial charge is 0.509 e. The van der Waals surface area contributed by atoms with Crippen LogP contribution in [0.4, 0.5) is 9.59 Å². The quantitative estimate of drug-likeness (QED) is 0.0179. The Morgan fingerprint density at radius 2 is 1.09 bits per heavy atom. The van der Waals surface area contributed by atoms with Crippen molar-refractivity contribution in [3.63, 3.8) is 0 Å². The average molecular weight is 1180 g/mol. The van der Waals surface area contributed by atoms with Crippen molar-refractivity contribution in [3.8, 4) is 11.5 Å². The van der Waals surface area contributed by atoms with Gasteiger partial charge < -0.3 is 47.1 Å². The fraction of sp³-hybridized carbons (Fsp3) is 0.393. The highest BCUT2D eigenvalue weighted by atomic mass is 31.2. The van der Waals surface area contributed by atoms with E-state index >= 15 is 4.57 Å². The zero-order valence-corrected chi connectivity index (χ0v) is 48.2. The van der Waals surface area contributed by atoms with E-state index in [9.17, 15) is 28.8 Å². The van der Waals surface area contributed by atoms with Gasteiger partial charge in [-0.25, -0.2) is 23.7 Å². The Labute approximate surface area is 472 Å². The summed E-state index contributed by atoms with van der Waals surface area (Å²) in [6.45, 7) is 18.2. The highest BCUT2D eigenvalue weighted by molar-refractivity contribution is 7.48. The molecule has 0 spiro atoms. The van der Waals surface area contributed by atoms with Crippen LogP contribution in [0, 0.1) is 0 Å². The number of phosphoric acid groups is 1. The maximum Gasteiger partial charge on any atom is 0.509 e. The molecule has 0 radical (unpaired) electrons. The first-order valence-electron chi connectivity index (χ1n) is 25.8. The van der Waals surface area contributed by atoms with Crippen LogP contribution in [-0.2, 0) is 61.3 Å². The molecule has 2 N–H and O–H groups in total. The molecule has 2 aromatic heterocycles. The zero-order valence-electron chi connectivity index (χ0n) is 46.3. The highest BCUT2D eigenvalue weighted by Gasteiger charge is 2.57. The normalized spacial score (nSPS) is 21.6. The average Bonchev–Trinajstić information content (AvgIpc) is 3.41. The second-order valence-corrected chi connectivity index (χ2v) is 26.5. The molecule has 9 atom stereocenters. The first kappa shape index (κ1) is 62.2. The SMILES string of the molecule is C=CCOC(=O)O[C@@H]1[C@H](OC(=O)OCC=C)[C@@H](COP(=O)(OCC=C)O[C@H]2[C@@H](O[Si](C)(C)C(C)(C)C)[C@H](n3ccc(=O)[nH]c3=O)O[C@@H]2COC(c2ccccc2)(c2ccc(OC)cc2)c2ccc(OC)cc2)O[C@H]1n1ccc(=O)[nH]c1=O. The smallest absolute Gasteiger partial charge is 0.497 e. The number of rotatable bonds is 26. The number of ether oxygens (including phenoxy) is 9. The van der Waals surface area contributed by atoms with Crippen LogP contribution in [0.5, 0.6) is 11.5 Å². The lowest BCUT2D eigenvalue weighted by molar-refractivity contribution is -0.0969. The van der Waals surface area contributed by atoms with Gasteiger partial charge in [-0.3, -0.25) is 42.3 Å². The van der Waals surface area contributed by atoms with Crippen molar-refractivity contribution in [1.29, 1.82) is 0 Å². The summed E-state index contributed by atoms with van der Waals surface area (Å²) in [4.78, 5) is 82.8. The third-order valence-corrected chi connectivity index (χ3v) is 19.7. The van der Waals surface area contributed by atoms with Crippen LogP contribution in [0.15, 0.2) is 161 Å². The van der Waals surface area contributed by atoms with Crippen molar-refractivity contribution in [1.82, 2.24) is 19.1 Å². The van der Waals surface area contributed by atoms with Crippen molar-refractivity contribution < 1.29 is 74.8 Å². The number of aromatic amines is 2. The standard InChI is InChI=1S/C56H67N4O20PSi/c1-11-31-70-53(65)77-45-42(76-49(47(45)78-54(66)71-32-12-2)59-29-27-43(61)57-51(59)63)35-74-81(67,73-33-13-3)79-46-41(75-50(60-30-28-44(62)58-52(60)64)48(46)80-82(9,10)55(4,5)6)34-72-56(36-17-15-14-16-18-36,37-19-23-39(68-7)24-20-37)38-21-25-40(69-8)26-22-38/h11-30,41-42,45-50H,1-3,31-35H2,4-10H3,(H,57,61,63)(H,58,62,64)/t41-,42-,45-,46-,47-,48-,49-,50-,81?/m1/s1. The molecule has 2 fully saturated rings. The highest BCUT2D eigenvalue weighted by Crippen LogP contribution is 2.55.